The van der Waals surface area contributed by atoms with Gasteiger partial charge in [0.25, 0.3) is 5.91 Å². The van der Waals surface area contributed by atoms with Gasteiger partial charge in [0, 0.05) is 49.5 Å². The molecule has 2 heterocycles. The minimum atomic E-state index is -0.0132. The van der Waals surface area contributed by atoms with Gasteiger partial charge < -0.3 is 10.2 Å². The number of rotatable bonds is 6. The van der Waals surface area contributed by atoms with Gasteiger partial charge in [-0.25, -0.2) is 4.98 Å². The van der Waals surface area contributed by atoms with Crippen molar-refractivity contribution in [2.75, 3.05) is 37.6 Å². The summed E-state index contributed by atoms with van der Waals surface area (Å²) >= 11 is 1.40. The minimum absolute atomic E-state index is 0.0132. The van der Waals surface area contributed by atoms with E-state index in [0.29, 0.717) is 11.0 Å². The number of aryl methyl sites for hydroxylation is 1. The Morgan fingerprint density at radius 3 is 2.78 bits per heavy atom. The van der Waals surface area contributed by atoms with E-state index in [1.807, 2.05) is 5.38 Å². The quantitative estimate of drug-likeness (QED) is 0.831. The number of benzene rings is 1. The molecule has 2 aromatic rings. The first kappa shape index (κ1) is 18.4. The topological polar surface area (TPSA) is 48.5 Å². The van der Waals surface area contributed by atoms with Crippen molar-refractivity contribution in [1.82, 2.24) is 15.2 Å². The third-order valence-electron chi connectivity index (χ3n) is 5.79. The summed E-state index contributed by atoms with van der Waals surface area (Å²) in [5.74, 6) is 0.738. The Hall–Kier alpha value is -1.92. The lowest BCUT2D eigenvalue weighted by molar-refractivity contribution is 0.0877. The Morgan fingerprint density at radius 1 is 1.26 bits per heavy atom. The van der Waals surface area contributed by atoms with E-state index in [-0.39, 0.29) is 5.91 Å². The van der Waals surface area contributed by atoms with Crippen LogP contribution in [-0.2, 0) is 0 Å². The summed E-state index contributed by atoms with van der Waals surface area (Å²) in [6.45, 7) is 7.85. The highest BCUT2D eigenvalue weighted by molar-refractivity contribution is 7.11. The second-order valence-electron chi connectivity index (χ2n) is 7.80. The number of carbonyl (C=O) groups excluding carboxylic acids is 1. The number of piperazine rings is 1. The van der Waals surface area contributed by atoms with Crippen LogP contribution in [0.4, 0.5) is 5.69 Å². The molecule has 27 heavy (non-hydrogen) atoms. The number of nitrogens with one attached hydrogen (secondary N) is 1. The minimum Gasteiger partial charge on any atom is -0.369 e. The summed E-state index contributed by atoms with van der Waals surface area (Å²) in [6, 6.07) is 9.15. The zero-order valence-corrected chi connectivity index (χ0v) is 16.8. The number of thiazole rings is 1. The number of aromatic nitrogens is 1. The predicted octanol–water partition coefficient (Wildman–Crippen LogP) is 3.17. The molecule has 1 saturated carbocycles. The first-order valence-corrected chi connectivity index (χ1v) is 10.8. The molecule has 1 amide bonds. The molecule has 0 unspecified atom stereocenters. The Kier molecular flexibility index (Phi) is 5.74. The lowest BCUT2D eigenvalue weighted by Crippen LogP contribution is -2.48. The van der Waals surface area contributed by atoms with Crippen LogP contribution in [0, 0.1) is 12.8 Å². The van der Waals surface area contributed by atoms with Gasteiger partial charge in [-0.05, 0) is 56.3 Å². The van der Waals surface area contributed by atoms with Gasteiger partial charge in [-0.15, -0.1) is 11.3 Å². The van der Waals surface area contributed by atoms with E-state index in [1.165, 1.54) is 35.6 Å². The van der Waals surface area contributed by atoms with Gasteiger partial charge in [-0.3, -0.25) is 9.69 Å². The van der Waals surface area contributed by atoms with Crippen LogP contribution in [0.3, 0.4) is 0 Å². The molecule has 1 aromatic carbocycles. The van der Waals surface area contributed by atoms with Crippen LogP contribution in [0.2, 0.25) is 0 Å². The summed E-state index contributed by atoms with van der Waals surface area (Å²) < 4.78 is 0. The number of carbonyl (C=O) groups is 1. The smallest absolute Gasteiger partial charge is 0.280 e. The summed E-state index contributed by atoms with van der Waals surface area (Å²) in [5.41, 5.74) is 2.68. The van der Waals surface area contributed by atoms with E-state index in [2.05, 4.69) is 51.3 Å². The first-order valence-electron chi connectivity index (χ1n) is 9.92. The van der Waals surface area contributed by atoms with Crippen molar-refractivity contribution in [2.24, 2.45) is 5.92 Å². The van der Waals surface area contributed by atoms with Crippen molar-refractivity contribution in [1.29, 1.82) is 0 Å². The maximum atomic E-state index is 12.0. The summed E-state index contributed by atoms with van der Waals surface area (Å²) in [7, 11) is 0. The molecule has 6 heteroatoms. The fraction of sp³-hybridized carbons (Fsp3) is 0.524. The molecule has 0 atom stereocenters. The maximum absolute atomic E-state index is 12.0. The zero-order valence-electron chi connectivity index (χ0n) is 15.9. The molecule has 4 rings (SSSR count). The molecule has 0 radical (unpaired) electrons. The standard InChI is InChI=1S/C21H28N4OS/c1-16-3-2-4-19(13-16)25-10-8-24(9-11-25)7-5-17-14-18(15-17)23-20(26)21-22-6-12-27-21/h2-4,6,12-13,17-18H,5,7-11,14-15H2,1H3,(H,23,26). The normalized spacial score (nSPS) is 23.1. The van der Waals surface area contributed by atoms with Gasteiger partial charge in [-0.1, -0.05) is 12.1 Å². The van der Waals surface area contributed by atoms with Gasteiger partial charge in [0.15, 0.2) is 5.01 Å². The van der Waals surface area contributed by atoms with Crippen LogP contribution in [0.25, 0.3) is 0 Å². The predicted molar refractivity (Wildman–Crippen MR) is 111 cm³/mol. The second-order valence-corrected chi connectivity index (χ2v) is 8.70. The van der Waals surface area contributed by atoms with Gasteiger partial charge in [0.1, 0.15) is 0 Å². The van der Waals surface area contributed by atoms with Crippen LogP contribution < -0.4 is 10.2 Å². The van der Waals surface area contributed by atoms with E-state index < -0.39 is 0 Å². The van der Waals surface area contributed by atoms with Crippen molar-refractivity contribution in [3.8, 4) is 0 Å². The van der Waals surface area contributed by atoms with Crippen molar-refractivity contribution in [3.05, 3.63) is 46.4 Å². The molecule has 1 saturated heterocycles. The van der Waals surface area contributed by atoms with Crippen LogP contribution >= 0.6 is 11.3 Å². The Bertz CT molecular complexity index is 749. The van der Waals surface area contributed by atoms with Crippen LogP contribution in [-0.4, -0.2) is 54.6 Å². The van der Waals surface area contributed by atoms with E-state index in [9.17, 15) is 4.79 Å². The van der Waals surface area contributed by atoms with Gasteiger partial charge in [-0.2, -0.15) is 0 Å². The third kappa shape index (κ3) is 4.68. The number of hydrogen-bond donors (Lipinski definition) is 1. The molecule has 5 nitrogen and oxygen atoms in total. The lowest BCUT2D eigenvalue weighted by atomic mass is 9.78. The number of amides is 1. The highest BCUT2D eigenvalue weighted by atomic mass is 32.1. The van der Waals surface area contributed by atoms with Crippen LogP contribution in [0.1, 0.15) is 34.6 Å². The molecule has 0 bridgehead atoms. The van der Waals surface area contributed by atoms with Crippen molar-refractivity contribution >= 4 is 22.9 Å². The van der Waals surface area contributed by atoms with Crippen molar-refractivity contribution < 1.29 is 4.79 Å². The molecule has 0 spiro atoms. The molecular formula is C21H28N4OS. The Morgan fingerprint density at radius 2 is 2.07 bits per heavy atom. The van der Waals surface area contributed by atoms with E-state index >= 15 is 0 Å². The number of nitrogens with zero attached hydrogens (tertiary/aromatic N) is 3. The average molecular weight is 385 g/mol. The zero-order chi connectivity index (χ0) is 18.6. The Labute approximate surface area is 165 Å². The summed E-state index contributed by atoms with van der Waals surface area (Å²) in [6.07, 6.45) is 5.15. The second kappa shape index (κ2) is 8.40. The molecule has 2 aliphatic rings. The SMILES string of the molecule is Cc1cccc(N2CCN(CCC3CC(NC(=O)c4nccs4)C3)CC2)c1. The monoisotopic (exact) mass is 384 g/mol. The molecule has 1 aliphatic heterocycles. The van der Waals surface area contributed by atoms with E-state index in [4.69, 9.17) is 0 Å². The Balaban J connectivity index is 1.13. The lowest BCUT2D eigenvalue weighted by Gasteiger charge is -2.39. The summed E-state index contributed by atoms with van der Waals surface area (Å²) in [4.78, 5) is 21.2. The fourth-order valence-corrected chi connectivity index (χ4v) is 4.63. The molecule has 144 valence electrons. The van der Waals surface area contributed by atoms with E-state index in [1.54, 1.807) is 6.20 Å². The number of anilines is 1. The first-order chi connectivity index (χ1) is 13.2. The third-order valence-corrected chi connectivity index (χ3v) is 6.56. The largest absolute Gasteiger partial charge is 0.369 e. The molecule has 1 aromatic heterocycles. The van der Waals surface area contributed by atoms with Crippen molar-refractivity contribution in [2.45, 2.75) is 32.2 Å². The maximum Gasteiger partial charge on any atom is 0.280 e. The molecule has 1 N–H and O–H groups in total. The highest BCUT2D eigenvalue weighted by Crippen LogP contribution is 2.31. The van der Waals surface area contributed by atoms with Gasteiger partial charge in [0.2, 0.25) is 0 Å². The fourth-order valence-electron chi connectivity index (χ4n) is 4.09. The molecule has 1 aliphatic carbocycles. The van der Waals surface area contributed by atoms with Crippen LogP contribution in [0.15, 0.2) is 35.8 Å². The van der Waals surface area contributed by atoms with Crippen molar-refractivity contribution in [3.63, 3.8) is 0 Å². The highest BCUT2D eigenvalue weighted by Gasteiger charge is 2.31. The van der Waals surface area contributed by atoms with Gasteiger partial charge >= 0.3 is 0 Å². The van der Waals surface area contributed by atoms with E-state index in [0.717, 1.165) is 44.9 Å². The van der Waals surface area contributed by atoms with Crippen LogP contribution in [0.5, 0.6) is 0 Å². The molecular weight excluding hydrogens is 356 g/mol. The average Bonchev–Trinajstić information content (AvgIpc) is 3.18. The molecule has 2 fully saturated rings. The summed E-state index contributed by atoms with van der Waals surface area (Å²) in [5, 5.41) is 5.52. The number of hydrogen-bond acceptors (Lipinski definition) is 5. The van der Waals surface area contributed by atoms with Gasteiger partial charge in [0.05, 0.1) is 0 Å².